The molecule has 2 N–H and O–H groups in total. The summed E-state index contributed by atoms with van der Waals surface area (Å²) >= 11 is 0. The zero-order valence-corrected chi connectivity index (χ0v) is 17.0. The fraction of sp³-hybridized carbons (Fsp3) is 0.333. The van der Waals surface area contributed by atoms with E-state index < -0.39 is 29.7 Å². The van der Waals surface area contributed by atoms with Crippen LogP contribution < -0.4 is 20.1 Å². The number of fused-ring (bicyclic) bond motifs is 1. The molecule has 31 heavy (non-hydrogen) atoms. The van der Waals surface area contributed by atoms with Crippen LogP contribution in [0.1, 0.15) is 18.1 Å². The molecule has 1 unspecified atom stereocenters. The summed E-state index contributed by atoms with van der Waals surface area (Å²) in [5.74, 6) is 0.386. The number of alkyl halides is 3. The van der Waals surface area contributed by atoms with Gasteiger partial charge in [-0.25, -0.2) is 4.79 Å². The second-order valence-corrected chi connectivity index (χ2v) is 7.05. The van der Waals surface area contributed by atoms with Crippen molar-refractivity contribution in [3.05, 3.63) is 53.6 Å². The van der Waals surface area contributed by atoms with Gasteiger partial charge in [-0.15, -0.1) is 0 Å². The standard InChI is InChI=1S/C21H22F3N3O4/c1-13(27(2)12-14-5-3-4-6-16(14)21(22,23)24)19(28)26-20(29)25-15-7-8-17-18(11-15)31-10-9-30-17/h3-8,11,13H,9-10,12H2,1-2H3,(H2,25,26,28,29). The maximum absolute atomic E-state index is 13.2. The van der Waals surface area contributed by atoms with Crippen LogP contribution in [-0.2, 0) is 17.5 Å². The van der Waals surface area contributed by atoms with E-state index in [-0.39, 0.29) is 12.1 Å². The van der Waals surface area contributed by atoms with E-state index >= 15 is 0 Å². The van der Waals surface area contributed by atoms with Gasteiger partial charge in [-0.1, -0.05) is 18.2 Å². The van der Waals surface area contributed by atoms with Gasteiger partial charge in [-0.2, -0.15) is 13.2 Å². The van der Waals surface area contributed by atoms with E-state index in [1.807, 2.05) is 0 Å². The zero-order valence-electron chi connectivity index (χ0n) is 17.0. The summed E-state index contributed by atoms with van der Waals surface area (Å²) in [6.45, 7) is 2.22. The number of hydrogen-bond donors (Lipinski definition) is 2. The lowest BCUT2D eigenvalue weighted by molar-refractivity contribution is -0.138. The molecule has 3 rings (SSSR count). The second-order valence-electron chi connectivity index (χ2n) is 7.05. The summed E-state index contributed by atoms with van der Waals surface area (Å²) in [6.07, 6.45) is -4.49. The maximum Gasteiger partial charge on any atom is 0.416 e. The lowest BCUT2D eigenvalue weighted by Gasteiger charge is -2.25. The first-order chi connectivity index (χ1) is 14.6. The van der Waals surface area contributed by atoms with Gasteiger partial charge in [0.2, 0.25) is 5.91 Å². The fourth-order valence-corrected chi connectivity index (χ4v) is 3.04. The first kappa shape index (κ1) is 22.4. The van der Waals surface area contributed by atoms with Crippen molar-refractivity contribution in [3.63, 3.8) is 0 Å². The molecule has 1 aliphatic rings. The third kappa shape index (κ3) is 5.66. The Labute approximate surface area is 177 Å². The molecule has 2 aromatic rings. The number of nitrogens with zero attached hydrogens (tertiary/aromatic N) is 1. The van der Waals surface area contributed by atoms with Gasteiger partial charge in [-0.05, 0) is 37.7 Å². The lowest BCUT2D eigenvalue weighted by atomic mass is 10.1. The molecule has 0 radical (unpaired) electrons. The Hall–Kier alpha value is -3.27. The minimum Gasteiger partial charge on any atom is -0.486 e. The van der Waals surface area contributed by atoms with Gasteiger partial charge in [0.25, 0.3) is 0 Å². The van der Waals surface area contributed by atoms with Crippen LogP contribution in [0.15, 0.2) is 42.5 Å². The summed E-state index contributed by atoms with van der Waals surface area (Å²) < 4.78 is 50.4. The van der Waals surface area contributed by atoms with Crippen LogP contribution in [-0.4, -0.2) is 43.1 Å². The van der Waals surface area contributed by atoms with Crippen molar-refractivity contribution in [2.45, 2.75) is 25.7 Å². The van der Waals surface area contributed by atoms with Crippen molar-refractivity contribution < 1.29 is 32.2 Å². The van der Waals surface area contributed by atoms with Gasteiger partial charge < -0.3 is 14.8 Å². The van der Waals surface area contributed by atoms with E-state index in [1.54, 1.807) is 18.2 Å². The first-order valence-corrected chi connectivity index (χ1v) is 9.52. The van der Waals surface area contributed by atoms with Crippen LogP contribution in [0.3, 0.4) is 0 Å². The molecule has 0 aliphatic carbocycles. The minimum atomic E-state index is -4.49. The van der Waals surface area contributed by atoms with E-state index in [1.165, 1.54) is 37.1 Å². The molecule has 3 amide bonds. The number of rotatable bonds is 5. The average molecular weight is 437 g/mol. The van der Waals surface area contributed by atoms with Crippen molar-refractivity contribution in [2.24, 2.45) is 0 Å². The number of ether oxygens (including phenoxy) is 2. The number of hydrogen-bond acceptors (Lipinski definition) is 5. The number of carbonyl (C=O) groups is 2. The van der Waals surface area contributed by atoms with E-state index in [0.29, 0.717) is 30.4 Å². The summed E-state index contributed by atoms with van der Waals surface area (Å²) in [7, 11) is 1.51. The van der Waals surface area contributed by atoms with Gasteiger partial charge in [0, 0.05) is 18.3 Å². The Morgan fingerprint density at radius 3 is 2.48 bits per heavy atom. The molecule has 166 valence electrons. The van der Waals surface area contributed by atoms with Crippen molar-refractivity contribution >= 4 is 17.6 Å². The molecule has 1 heterocycles. The van der Waals surface area contributed by atoms with Crippen LogP contribution in [0.2, 0.25) is 0 Å². The smallest absolute Gasteiger partial charge is 0.416 e. The molecule has 0 saturated carbocycles. The molecule has 0 aromatic heterocycles. The quantitative estimate of drug-likeness (QED) is 0.747. The van der Waals surface area contributed by atoms with Crippen molar-refractivity contribution in [1.82, 2.24) is 10.2 Å². The van der Waals surface area contributed by atoms with Crippen LogP contribution in [0, 0.1) is 0 Å². The lowest BCUT2D eigenvalue weighted by Crippen LogP contribution is -2.46. The highest BCUT2D eigenvalue weighted by atomic mass is 19.4. The number of carbonyl (C=O) groups excluding carboxylic acids is 2. The Morgan fingerprint density at radius 2 is 1.77 bits per heavy atom. The van der Waals surface area contributed by atoms with Crippen molar-refractivity contribution in [3.8, 4) is 11.5 Å². The molecular formula is C21H22F3N3O4. The van der Waals surface area contributed by atoms with E-state index in [2.05, 4.69) is 10.6 Å². The van der Waals surface area contributed by atoms with Crippen LogP contribution in [0.4, 0.5) is 23.7 Å². The van der Waals surface area contributed by atoms with E-state index in [4.69, 9.17) is 9.47 Å². The monoisotopic (exact) mass is 437 g/mol. The highest BCUT2D eigenvalue weighted by Crippen LogP contribution is 2.33. The number of likely N-dealkylation sites (N-methyl/N-ethyl adjacent to an activating group) is 1. The number of imide groups is 1. The summed E-state index contributed by atoms with van der Waals surface area (Å²) in [5.41, 5.74) is -0.321. The average Bonchev–Trinajstić information content (AvgIpc) is 2.72. The van der Waals surface area contributed by atoms with Gasteiger partial charge >= 0.3 is 12.2 Å². The van der Waals surface area contributed by atoms with E-state index in [0.717, 1.165) is 6.07 Å². The minimum absolute atomic E-state index is 0.0397. The van der Waals surface area contributed by atoms with Crippen LogP contribution >= 0.6 is 0 Å². The summed E-state index contributed by atoms with van der Waals surface area (Å²) in [4.78, 5) is 26.0. The predicted octanol–water partition coefficient (Wildman–Crippen LogP) is 3.65. The third-order valence-corrected chi connectivity index (χ3v) is 4.82. The summed E-state index contributed by atoms with van der Waals surface area (Å²) in [6, 6.07) is 8.36. The highest BCUT2D eigenvalue weighted by molar-refractivity contribution is 6.02. The second kappa shape index (κ2) is 9.25. The Bertz CT molecular complexity index is 965. The Morgan fingerprint density at radius 1 is 1.10 bits per heavy atom. The summed E-state index contributed by atoms with van der Waals surface area (Å²) in [5, 5.41) is 4.72. The van der Waals surface area contributed by atoms with Gasteiger partial charge in [0.15, 0.2) is 11.5 Å². The number of anilines is 1. The molecule has 0 fully saturated rings. The van der Waals surface area contributed by atoms with Gasteiger partial charge in [-0.3, -0.25) is 15.0 Å². The van der Waals surface area contributed by atoms with Crippen molar-refractivity contribution in [2.75, 3.05) is 25.6 Å². The number of urea groups is 1. The largest absolute Gasteiger partial charge is 0.486 e. The topological polar surface area (TPSA) is 79.9 Å². The Balaban J connectivity index is 1.58. The number of halogens is 3. The van der Waals surface area contributed by atoms with Gasteiger partial charge in [0.05, 0.1) is 11.6 Å². The molecule has 0 spiro atoms. The molecule has 1 aliphatic heterocycles. The maximum atomic E-state index is 13.2. The van der Waals surface area contributed by atoms with Crippen LogP contribution in [0.5, 0.6) is 11.5 Å². The zero-order chi connectivity index (χ0) is 22.6. The molecule has 0 bridgehead atoms. The SMILES string of the molecule is CC(C(=O)NC(=O)Nc1ccc2c(c1)OCCO2)N(C)Cc1ccccc1C(F)(F)F. The number of benzene rings is 2. The van der Waals surface area contributed by atoms with Gasteiger partial charge in [0.1, 0.15) is 13.2 Å². The van der Waals surface area contributed by atoms with Crippen molar-refractivity contribution in [1.29, 1.82) is 0 Å². The molecule has 0 saturated heterocycles. The number of nitrogens with one attached hydrogen (secondary N) is 2. The predicted molar refractivity (Wildman–Crippen MR) is 107 cm³/mol. The van der Waals surface area contributed by atoms with Crippen LogP contribution in [0.25, 0.3) is 0 Å². The molecule has 7 nitrogen and oxygen atoms in total. The first-order valence-electron chi connectivity index (χ1n) is 9.52. The molecule has 10 heteroatoms. The molecule has 1 atom stereocenters. The van der Waals surface area contributed by atoms with E-state index in [9.17, 15) is 22.8 Å². The highest BCUT2D eigenvalue weighted by Gasteiger charge is 2.33. The molecule has 2 aromatic carbocycles. The normalized spacial score (nSPS) is 14.1. The molecular weight excluding hydrogens is 415 g/mol. The fourth-order valence-electron chi connectivity index (χ4n) is 3.04. The number of amides is 3. The Kier molecular flexibility index (Phi) is 6.69. The third-order valence-electron chi connectivity index (χ3n) is 4.82.